The van der Waals surface area contributed by atoms with Crippen molar-refractivity contribution in [1.82, 2.24) is 14.9 Å². The van der Waals surface area contributed by atoms with Crippen molar-refractivity contribution >= 4 is 22.9 Å². The van der Waals surface area contributed by atoms with Gasteiger partial charge in [0, 0.05) is 26.1 Å². The highest BCUT2D eigenvalue weighted by atomic mass is 16.6. The molecule has 0 aliphatic carbocycles. The number of hydrogen-bond donors (Lipinski definition) is 1. The average molecular weight is 386 g/mol. The molecule has 0 spiro atoms. The Hall–Kier alpha value is -2.57. The van der Waals surface area contributed by atoms with Crippen LogP contribution in [0.15, 0.2) is 24.3 Å². The maximum Gasteiger partial charge on any atom is 0.410 e. The van der Waals surface area contributed by atoms with Gasteiger partial charge in [0.1, 0.15) is 5.60 Å². The van der Waals surface area contributed by atoms with Gasteiger partial charge in [0.15, 0.2) is 5.82 Å². The van der Waals surface area contributed by atoms with E-state index in [2.05, 4.69) is 15.3 Å². The second kappa shape index (κ2) is 8.63. The Bertz CT molecular complexity index is 819. The highest BCUT2D eigenvalue weighted by molar-refractivity contribution is 5.77. The van der Waals surface area contributed by atoms with Gasteiger partial charge in [-0.3, -0.25) is 0 Å². The van der Waals surface area contributed by atoms with Crippen molar-refractivity contribution in [3.05, 3.63) is 24.3 Å². The van der Waals surface area contributed by atoms with Gasteiger partial charge in [-0.15, -0.1) is 0 Å². The molecular weight excluding hydrogens is 356 g/mol. The van der Waals surface area contributed by atoms with Crippen LogP contribution in [0.5, 0.6) is 5.88 Å². The SMILES string of the molecule is CNc1nc2ccccc2nc1OCC[C@@H]1CCCCN1C(=O)OC(C)(C)C. The van der Waals surface area contributed by atoms with E-state index in [1.54, 1.807) is 7.05 Å². The Morgan fingerprint density at radius 1 is 1.21 bits per heavy atom. The van der Waals surface area contributed by atoms with Crippen LogP contribution in [0.2, 0.25) is 0 Å². The van der Waals surface area contributed by atoms with Crippen molar-refractivity contribution < 1.29 is 14.3 Å². The van der Waals surface area contributed by atoms with E-state index in [4.69, 9.17) is 9.47 Å². The van der Waals surface area contributed by atoms with Crippen LogP contribution in [-0.2, 0) is 4.74 Å². The highest BCUT2D eigenvalue weighted by Crippen LogP contribution is 2.25. The van der Waals surface area contributed by atoms with Crippen molar-refractivity contribution in [2.75, 3.05) is 25.5 Å². The molecular formula is C21H30N4O3. The minimum atomic E-state index is -0.488. The lowest BCUT2D eigenvalue weighted by Gasteiger charge is -2.36. The number of hydrogen-bond acceptors (Lipinski definition) is 6. The van der Waals surface area contributed by atoms with Gasteiger partial charge in [-0.2, -0.15) is 0 Å². The lowest BCUT2D eigenvalue weighted by atomic mass is 10.0. The first-order chi connectivity index (χ1) is 13.4. The third-order valence-electron chi connectivity index (χ3n) is 4.72. The van der Waals surface area contributed by atoms with Crippen molar-refractivity contribution in [2.45, 2.75) is 58.1 Å². The summed E-state index contributed by atoms with van der Waals surface area (Å²) < 4.78 is 11.5. The van der Waals surface area contributed by atoms with Crippen LogP contribution < -0.4 is 10.1 Å². The van der Waals surface area contributed by atoms with Gasteiger partial charge in [-0.1, -0.05) is 12.1 Å². The molecule has 1 fully saturated rings. The Morgan fingerprint density at radius 3 is 2.61 bits per heavy atom. The smallest absolute Gasteiger partial charge is 0.410 e. The number of carbonyl (C=O) groups excluding carboxylic acids is 1. The number of amides is 1. The molecule has 0 unspecified atom stereocenters. The molecule has 0 radical (unpaired) electrons. The molecule has 1 amide bonds. The Morgan fingerprint density at radius 2 is 1.93 bits per heavy atom. The summed E-state index contributed by atoms with van der Waals surface area (Å²) >= 11 is 0. The molecule has 1 aliphatic heterocycles. The molecule has 1 aromatic carbocycles. The molecule has 3 rings (SSSR count). The predicted octanol–water partition coefficient (Wildman–Crippen LogP) is 4.23. The maximum absolute atomic E-state index is 12.5. The summed E-state index contributed by atoms with van der Waals surface area (Å²) in [6.07, 6.45) is 3.58. The summed E-state index contributed by atoms with van der Waals surface area (Å²) in [5.74, 6) is 1.10. The third-order valence-corrected chi connectivity index (χ3v) is 4.72. The topological polar surface area (TPSA) is 76.6 Å². The minimum Gasteiger partial charge on any atom is -0.475 e. The number of anilines is 1. The zero-order chi connectivity index (χ0) is 20.1. The van der Waals surface area contributed by atoms with Crippen molar-refractivity contribution in [3.63, 3.8) is 0 Å². The summed E-state index contributed by atoms with van der Waals surface area (Å²) in [6, 6.07) is 7.83. The summed E-state index contributed by atoms with van der Waals surface area (Å²) in [7, 11) is 1.80. The third kappa shape index (κ3) is 5.03. The van der Waals surface area contributed by atoms with E-state index in [-0.39, 0.29) is 12.1 Å². The van der Waals surface area contributed by atoms with Crippen LogP contribution in [0.25, 0.3) is 11.0 Å². The molecule has 7 heteroatoms. The molecule has 28 heavy (non-hydrogen) atoms. The van der Waals surface area contributed by atoms with Crippen LogP contribution in [-0.4, -0.2) is 52.8 Å². The molecule has 0 saturated carbocycles. The van der Waals surface area contributed by atoms with Crippen LogP contribution in [0.4, 0.5) is 10.6 Å². The number of rotatable bonds is 5. The number of nitrogens with zero attached hydrogens (tertiary/aromatic N) is 3. The number of carbonyl (C=O) groups is 1. The first kappa shape index (κ1) is 20.2. The molecule has 1 saturated heterocycles. The molecule has 1 aromatic heterocycles. The zero-order valence-electron chi connectivity index (χ0n) is 17.2. The van der Waals surface area contributed by atoms with Crippen LogP contribution >= 0.6 is 0 Å². The average Bonchev–Trinajstić information content (AvgIpc) is 2.66. The number of benzene rings is 1. The first-order valence-corrected chi connectivity index (χ1v) is 9.94. The van der Waals surface area contributed by atoms with Gasteiger partial charge in [0.05, 0.1) is 17.6 Å². The van der Waals surface area contributed by atoms with Gasteiger partial charge in [0.25, 0.3) is 5.88 Å². The van der Waals surface area contributed by atoms with Crippen molar-refractivity contribution in [3.8, 4) is 5.88 Å². The normalized spacial score (nSPS) is 17.4. The highest BCUT2D eigenvalue weighted by Gasteiger charge is 2.30. The monoisotopic (exact) mass is 386 g/mol. The number of para-hydroxylation sites is 2. The van der Waals surface area contributed by atoms with E-state index in [9.17, 15) is 4.79 Å². The second-order valence-corrected chi connectivity index (χ2v) is 8.08. The fourth-order valence-corrected chi connectivity index (χ4v) is 3.40. The van der Waals surface area contributed by atoms with Crippen molar-refractivity contribution in [2.24, 2.45) is 0 Å². The van der Waals surface area contributed by atoms with E-state index >= 15 is 0 Å². The number of nitrogens with one attached hydrogen (secondary N) is 1. The molecule has 2 heterocycles. The van der Waals surface area contributed by atoms with Crippen LogP contribution in [0.1, 0.15) is 46.5 Å². The minimum absolute atomic E-state index is 0.120. The Labute approximate surface area is 166 Å². The standard InChI is InChI=1S/C21H30N4O3/c1-21(2,3)28-20(26)25-13-8-7-9-15(25)12-14-27-19-18(22-4)23-16-10-5-6-11-17(16)24-19/h5-6,10-11,15H,7-9,12-14H2,1-4H3,(H,22,23)/t15-/m0/s1. The van der Waals surface area contributed by atoms with Gasteiger partial charge < -0.3 is 19.7 Å². The largest absolute Gasteiger partial charge is 0.475 e. The number of piperidine rings is 1. The fraction of sp³-hybridized carbons (Fsp3) is 0.571. The van der Waals surface area contributed by atoms with E-state index in [0.29, 0.717) is 18.3 Å². The van der Waals surface area contributed by atoms with Gasteiger partial charge >= 0.3 is 6.09 Å². The van der Waals surface area contributed by atoms with E-state index in [1.807, 2.05) is 49.9 Å². The lowest BCUT2D eigenvalue weighted by Crippen LogP contribution is -2.46. The van der Waals surface area contributed by atoms with Gasteiger partial charge in [0.2, 0.25) is 0 Å². The molecule has 0 bridgehead atoms. The summed E-state index contributed by atoms with van der Waals surface area (Å²) in [5.41, 5.74) is 1.13. The van der Waals surface area contributed by atoms with Crippen LogP contribution in [0.3, 0.4) is 0 Å². The molecule has 1 atom stereocenters. The molecule has 7 nitrogen and oxygen atoms in total. The maximum atomic E-state index is 12.5. The summed E-state index contributed by atoms with van der Waals surface area (Å²) in [6.45, 7) is 6.88. The van der Waals surface area contributed by atoms with Gasteiger partial charge in [-0.05, 0) is 52.2 Å². The van der Waals surface area contributed by atoms with Gasteiger partial charge in [-0.25, -0.2) is 14.8 Å². The molecule has 1 N–H and O–H groups in total. The number of ether oxygens (including phenoxy) is 2. The van der Waals surface area contributed by atoms with Crippen LogP contribution in [0, 0.1) is 0 Å². The van der Waals surface area contributed by atoms with E-state index < -0.39 is 5.60 Å². The molecule has 2 aromatic rings. The Kier molecular flexibility index (Phi) is 6.21. The zero-order valence-corrected chi connectivity index (χ0v) is 17.2. The van der Waals surface area contributed by atoms with E-state index in [0.717, 1.165) is 43.3 Å². The quantitative estimate of drug-likeness (QED) is 0.829. The number of likely N-dealkylation sites (tertiary alicyclic amines) is 1. The van der Waals surface area contributed by atoms with E-state index in [1.165, 1.54) is 0 Å². The molecule has 152 valence electrons. The number of aromatic nitrogens is 2. The lowest BCUT2D eigenvalue weighted by molar-refractivity contribution is 0.00739. The predicted molar refractivity (Wildman–Crippen MR) is 110 cm³/mol. The number of fused-ring (bicyclic) bond motifs is 1. The first-order valence-electron chi connectivity index (χ1n) is 9.94. The summed E-state index contributed by atoms with van der Waals surface area (Å²) in [5, 5.41) is 3.05. The Balaban J connectivity index is 1.64. The van der Waals surface area contributed by atoms with Crippen molar-refractivity contribution in [1.29, 1.82) is 0 Å². The molecule has 1 aliphatic rings. The fourth-order valence-electron chi connectivity index (χ4n) is 3.40. The summed E-state index contributed by atoms with van der Waals surface area (Å²) in [4.78, 5) is 23.5. The second-order valence-electron chi connectivity index (χ2n) is 8.08.